The fraction of sp³-hybridized carbons (Fsp3) is 0.0741. The lowest BCUT2D eigenvalue weighted by Gasteiger charge is -2.12. The molecule has 4 rings (SSSR count). The fourth-order valence-electron chi connectivity index (χ4n) is 3.08. The zero-order valence-corrected chi connectivity index (χ0v) is 20.4. The summed E-state index contributed by atoms with van der Waals surface area (Å²) in [5.41, 5.74) is 1.45. The Morgan fingerprint density at radius 2 is 1.51 bits per heavy atom. The van der Waals surface area contributed by atoms with Crippen LogP contribution in [0.3, 0.4) is 0 Å². The largest absolute Gasteiger partial charge is 0.490 e. The maximum absolute atomic E-state index is 12.7. The quantitative estimate of drug-likeness (QED) is 0.179. The molecule has 4 aromatic carbocycles. The molecule has 0 fully saturated rings. The predicted molar refractivity (Wildman–Crippen MR) is 137 cm³/mol. The van der Waals surface area contributed by atoms with Gasteiger partial charge in [-0.15, -0.1) is 0 Å². The molecule has 0 bridgehead atoms. The van der Waals surface area contributed by atoms with Gasteiger partial charge in [0.05, 0.1) is 12.3 Å². The van der Waals surface area contributed by atoms with Gasteiger partial charge in [0.15, 0.2) is 11.5 Å². The van der Waals surface area contributed by atoms with Crippen LogP contribution in [-0.2, 0) is 10.1 Å². The van der Waals surface area contributed by atoms with Crippen LogP contribution in [0.4, 0.5) is 5.69 Å². The van der Waals surface area contributed by atoms with E-state index < -0.39 is 10.1 Å². The van der Waals surface area contributed by atoms with Crippen molar-refractivity contribution in [2.24, 2.45) is 4.99 Å². The lowest BCUT2D eigenvalue weighted by Crippen LogP contribution is -2.11. The van der Waals surface area contributed by atoms with Crippen molar-refractivity contribution < 1.29 is 22.1 Å². The Kier molecular flexibility index (Phi) is 7.70. The van der Waals surface area contributed by atoms with Crippen molar-refractivity contribution in [1.29, 1.82) is 0 Å². The van der Waals surface area contributed by atoms with E-state index in [1.165, 1.54) is 30.3 Å². The van der Waals surface area contributed by atoms with Crippen LogP contribution in [-0.4, -0.2) is 21.2 Å². The van der Waals surface area contributed by atoms with Crippen molar-refractivity contribution in [2.75, 3.05) is 6.61 Å². The maximum atomic E-state index is 12.7. The molecule has 8 heteroatoms. The summed E-state index contributed by atoms with van der Waals surface area (Å²) in [4.78, 5) is 4.47. The first-order valence-corrected chi connectivity index (χ1v) is 12.6. The van der Waals surface area contributed by atoms with Gasteiger partial charge in [-0.3, -0.25) is 4.99 Å². The van der Waals surface area contributed by atoms with E-state index >= 15 is 0 Å². The van der Waals surface area contributed by atoms with Crippen LogP contribution in [0.15, 0.2) is 107 Å². The molecule has 0 heterocycles. The Balaban J connectivity index is 1.48. The normalized spacial score (nSPS) is 11.4. The van der Waals surface area contributed by atoms with Gasteiger partial charge in [-0.1, -0.05) is 29.8 Å². The van der Waals surface area contributed by atoms with E-state index in [2.05, 4.69) is 4.99 Å². The molecule has 0 atom stereocenters. The molecule has 0 N–H and O–H groups in total. The summed E-state index contributed by atoms with van der Waals surface area (Å²) in [5.74, 6) is 1.84. The molecule has 35 heavy (non-hydrogen) atoms. The van der Waals surface area contributed by atoms with Crippen LogP contribution in [0.5, 0.6) is 23.0 Å². The Bertz CT molecular complexity index is 1400. The Morgan fingerprint density at radius 3 is 2.20 bits per heavy atom. The average Bonchev–Trinajstić information content (AvgIpc) is 2.86. The van der Waals surface area contributed by atoms with Gasteiger partial charge in [0.1, 0.15) is 16.4 Å². The van der Waals surface area contributed by atoms with Crippen molar-refractivity contribution in [1.82, 2.24) is 0 Å². The summed E-state index contributed by atoms with van der Waals surface area (Å²) in [7, 11) is -4.05. The molecular formula is C27H22ClNO5S. The lowest BCUT2D eigenvalue weighted by atomic mass is 10.2. The van der Waals surface area contributed by atoms with Gasteiger partial charge in [-0.2, -0.15) is 8.42 Å². The summed E-state index contributed by atoms with van der Waals surface area (Å²) in [6.45, 7) is 2.14. The highest BCUT2D eigenvalue weighted by molar-refractivity contribution is 7.87. The van der Waals surface area contributed by atoms with E-state index in [9.17, 15) is 8.42 Å². The highest BCUT2D eigenvalue weighted by Gasteiger charge is 2.19. The van der Waals surface area contributed by atoms with Gasteiger partial charge in [0, 0.05) is 11.2 Å². The SMILES string of the molecule is CCOc1cc(C=Nc2ccc(Oc3ccccc3)cc2)ccc1OS(=O)(=O)c1ccc(Cl)cc1. The van der Waals surface area contributed by atoms with Crippen LogP contribution in [0.1, 0.15) is 12.5 Å². The second-order valence-electron chi connectivity index (χ2n) is 7.30. The fourth-order valence-corrected chi connectivity index (χ4v) is 4.15. The topological polar surface area (TPSA) is 74.2 Å². The van der Waals surface area contributed by atoms with Crippen molar-refractivity contribution in [3.63, 3.8) is 0 Å². The number of hydrogen-bond acceptors (Lipinski definition) is 6. The third kappa shape index (κ3) is 6.62. The zero-order valence-electron chi connectivity index (χ0n) is 18.8. The summed E-state index contributed by atoms with van der Waals surface area (Å²) in [6.07, 6.45) is 1.66. The first-order valence-electron chi connectivity index (χ1n) is 10.8. The van der Waals surface area contributed by atoms with Crippen molar-refractivity contribution >= 4 is 33.6 Å². The van der Waals surface area contributed by atoms with Crippen LogP contribution >= 0.6 is 11.6 Å². The van der Waals surface area contributed by atoms with Crippen molar-refractivity contribution in [3.05, 3.63) is 108 Å². The zero-order chi connectivity index (χ0) is 24.7. The molecule has 0 aliphatic heterocycles. The molecule has 0 amide bonds. The van der Waals surface area contributed by atoms with Gasteiger partial charge in [-0.05, 0) is 91.3 Å². The molecular weight excluding hydrogens is 486 g/mol. The maximum Gasteiger partial charge on any atom is 0.339 e. The number of halogens is 1. The molecule has 0 aromatic heterocycles. The highest BCUT2D eigenvalue weighted by atomic mass is 35.5. The van der Waals surface area contributed by atoms with Crippen LogP contribution in [0, 0.1) is 0 Å². The van der Waals surface area contributed by atoms with Crippen LogP contribution in [0.2, 0.25) is 5.02 Å². The number of ether oxygens (including phenoxy) is 2. The number of nitrogens with zero attached hydrogens (tertiary/aromatic N) is 1. The van der Waals surface area contributed by atoms with E-state index in [1.807, 2.05) is 54.6 Å². The molecule has 178 valence electrons. The van der Waals surface area contributed by atoms with E-state index in [0.717, 1.165) is 11.4 Å². The first kappa shape index (κ1) is 24.3. The molecule has 0 aliphatic rings. The van der Waals surface area contributed by atoms with E-state index in [1.54, 1.807) is 25.3 Å². The first-order chi connectivity index (χ1) is 16.9. The minimum atomic E-state index is -4.05. The minimum Gasteiger partial charge on any atom is -0.490 e. The Hall–Kier alpha value is -3.81. The number of benzene rings is 4. The smallest absolute Gasteiger partial charge is 0.339 e. The predicted octanol–water partition coefficient (Wildman–Crippen LogP) is 7.05. The van der Waals surface area contributed by atoms with Crippen LogP contribution < -0.4 is 13.7 Å². The van der Waals surface area contributed by atoms with Gasteiger partial charge in [0.2, 0.25) is 0 Å². The Labute approximate surface area is 209 Å². The third-order valence-electron chi connectivity index (χ3n) is 4.75. The third-order valence-corrected chi connectivity index (χ3v) is 6.25. The summed E-state index contributed by atoms with van der Waals surface area (Å²) in [6, 6.07) is 27.5. The molecule has 0 aliphatic carbocycles. The molecule has 0 unspecified atom stereocenters. The monoisotopic (exact) mass is 507 g/mol. The number of rotatable bonds is 9. The molecule has 4 aromatic rings. The summed E-state index contributed by atoms with van der Waals surface area (Å²) in [5, 5.41) is 0.431. The van der Waals surface area contributed by atoms with Crippen molar-refractivity contribution in [3.8, 4) is 23.0 Å². The minimum absolute atomic E-state index is 0.00493. The van der Waals surface area contributed by atoms with E-state index in [0.29, 0.717) is 28.7 Å². The molecule has 6 nitrogen and oxygen atoms in total. The van der Waals surface area contributed by atoms with E-state index in [-0.39, 0.29) is 10.6 Å². The van der Waals surface area contributed by atoms with E-state index in [4.69, 9.17) is 25.3 Å². The molecule has 0 spiro atoms. The second-order valence-corrected chi connectivity index (χ2v) is 9.28. The highest BCUT2D eigenvalue weighted by Crippen LogP contribution is 2.31. The standard InChI is InChI=1S/C27H22ClNO5S/c1-2-32-27-18-20(8-17-26(27)34-35(30,31)25-15-9-21(28)10-16-25)19-29-22-11-13-24(14-12-22)33-23-6-4-3-5-7-23/h3-19H,2H2,1H3. The number of hydrogen-bond donors (Lipinski definition) is 0. The number of aliphatic imine (C=N–C) groups is 1. The van der Waals surface area contributed by atoms with Crippen molar-refractivity contribution in [2.45, 2.75) is 11.8 Å². The lowest BCUT2D eigenvalue weighted by molar-refractivity contribution is 0.327. The van der Waals surface area contributed by atoms with Gasteiger partial charge >= 0.3 is 10.1 Å². The summed E-state index contributed by atoms with van der Waals surface area (Å²) < 4.78 is 42.0. The second kappa shape index (κ2) is 11.1. The summed E-state index contributed by atoms with van der Waals surface area (Å²) >= 11 is 5.85. The van der Waals surface area contributed by atoms with Gasteiger partial charge in [0.25, 0.3) is 0 Å². The molecule has 0 radical (unpaired) electrons. The van der Waals surface area contributed by atoms with Crippen LogP contribution in [0.25, 0.3) is 0 Å². The molecule has 0 saturated heterocycles. The average molecular weight is 508 g/mol. The number of para-hydroxylation sites is 1. The Morgan fingerprint density at radius 1 is 0.829 bits per heavy atom. The molecule has 0 saturated carbocycles. The van der Waals surface area contributed by atoms with Gasteiger partial charge in [-0.25, -0.2) is 0 Å². The van der Waals surface area contributed by atoms with Gasteiger partial charge < -0.3 is 13.7 Å².